The van der Waals surface area contributed by atoms with Crippen molar-refractivity contribution in [1.29, 1.82) is 0 Å². The summed E-state index contributed by atoms with van der Waals surface area (Å²) in [4.78, 5) is 31.3. The summed E-state index contributed by atoms with van der Waals surface area (Å²) in [6.45, 7) is 4.15. The van der Waals surface area contributed by atoms with Crippen molar-refractivity contribution >= 4 is 34.9 Å². The molecule has 1 aliphatic rings. The normalized spacial score (nSPS) is 16.6. The zero-order valence-electron chi connectivity index (χ0n) is 22.0. The van der Waals surface area contributed by atoms with Gasteiger partial charge in [-0.2, -0.15) is 0 Å². The van der Waals surface area contributed by atoms with Gasteiger partial charge in [-0.05, 0) is 74.1 Å². The molecule has 1 saturated heterocycles. The van der Waals surface area contributed by atoms with Crippen LogP contribution in [0.5, 0.6) is 0 Å². The molecule has 4 aromatic rings. The van der Waals surface area contributed by atoms with E-state index in [2.05, 4.69) is 15.6 Å². The second-order valence-electron chi connectivity index (χ2n) is 9.58. The van der Waals surface area contributed by atoms with Crippen molar-refractivity contribution < 1.29 is 19.1 Å². The van der Waals surface area contributed by atoms with Crippen LogP contribution in [-0.2, 0) is 4.79 Å². The van der Waals surface area contributed by atoms with E-state index in [0.29, 0.717) is 10.8 Å². The summed E-state index contributed by atoms with van der Waals surface area (Å²) in [5.74, 6) is -1.85. The van der Waals surface area contributed by atoms with Gasteiger partial charge < -0.3 is 25.2 Å². The molecule has 0 saturated carbocycles. The minimum absolute atomic E-state index is 0.0716. The average molecular weight is 558 g/mol. The molecule has 5 rings (SSSR count). The number of thiocarbonyl (C=S) groups is 1. The average Bonchev–Trinajstić information content (AvgIpc) is 3.43. The summed E-state index contributed by atoms with van der Waals surface area (Å²) in [6, 6.07) is 19.9. The molecule has 3 N–H and O–H groups in total. The molecule has 3 heterocycles. The van der Waals surface area contributed by atoms with Gasteiger partial charge in [0.2, 0.25) is 5.91 Å². The maximum Gasteiger partial charge on any atom is 0.337 e. The minimum atomic E-state index is -1.01. The van der Waals surface area contributed by atoms with Gasteiger partial charge in [-0.15, -0.1) is 0 Å². The first-order chi connectivity index (χ1) is 19.3. The second-order valence-corrected chi connectivity index (χ2v) is 9.97. The lowest BCUT2D eigenvalue weighted by atomic mass is 9.96. The van der Waals surface area contributed by atoms with E-state index < -0.39 is 11.8 Å². The van der Waals surface area contributed by atoms with Gasteiger partial charge in [-0.3, -0.25) is 9.78 Å². The number of para-hydroxylation sites is 2. The van der Waals surface area contributed by atoms with Crippen molar-refractivity contribution in [2.24, 2.45) is 0 Å². The van der Waals surface area contributed by atoms with Crippen molar-refractivity contribution in [3.63, 3.8) is 0 Å². The van der Waals surface area contributed by atoms with Gasteiger partial charge in [0.05, 0.1) is 34.7 Å². The zero-order valence-corrected chi connectivity index (χ0v) is 22.8. The molecule has 2 aromatic carbocycles. The topological polar surface area (TPSA) is 99.5 Å². The van der Waals surface area contributed by atoms with Crippen molar-refractivity contribution in [2.45, 2.75) is 32.4 Å². The van der Waals surface area contributed by atoms with E-state index in [9.17, 15) is 19.1 Å². The summed E-state index contributed by atoms with van der Waals surface area (Å²) >= 11 is 5.74. The molecule has 1 fully saturated rings. The van der Waals surface area contributed by atoms with E-state index in [0.717, 1.165) is 22.6 Å². The Kier molecular flexibility index (Phi) is 7.61. The summed E-state index contributed by atoms with van der Waals surface area (Å²) in [6.07, 6.45) is 1.79. The van der Waals surface area contributed by atoms with Crippen LogP contribution in [0.2, 0.25) is 0 Å². The fourth-order valence-corrected chi connectivity index (χ4v) is 5.62. The van der Waals surface area contributed by atoms with Crippen LogP contribution in [0.1, 0.15) is 51.5 Å². The number of rotatable bonds is 8. The number of carbonyl (C=O) groups excluding carboxylic acids is 1. The van der Waals surface area contributed by atoms with Crippen LogP contribution in [0, 0.1) is 19.7 Å². The molecule has 0 spiro atoms. The third kappa shape index (κ3) is 5.17. The highest BCUT2D eigenvalue weighted by Gasteiger charge is 2.41. The summed E-state index contributed by atoms with van der Waals surface area (Å²) in [5.41, 5.74) is 4.30. The molecule has 10 heteroatoms. The van der Waals surface area contributed by atoms with E-state index in [-0.39, 0.29) is 42.2 Å². The fraction of sp³-hybridized carbons (Fsp3) is 0.200. The summed E-state index contributed by atoms with van der Waals surface area (Å²) in [7, 11) is 0. The Morgan fingerprint density at radius 1 is 1.07 bits per heavy atom. The number of aryl methyl sites for hydroxylation is 1. The number of anilines is 1. The molecular weight excluding hydrogens is 529 g/mol. The fourth-order valence-electron chi connectivity index (χ4n) is 5.29. The van der Waals surface area contributed by atoms with Crippen molar-refractivity contribution in [1.82, 2.24) is 19.8 Å². The number of halogens is 1. The third-order valence-electron chi connectivity index (χ3n) is 7.09. The predicted molar refractivity (Wildman–Crippen MR) is 154 cm³/mol. The number of benzene rings is 2. The van der Waals surface area contributed by atoms with Crippen molar-refractivity contribution in [3.8, 4) is 5.69 Å². The Morgan fingerprint density at radius 2 is 1.80 bits per heavy atom. The Labute approximate surface area is 236 Å². The number of pyridine rings is 1. The first-order valence-electron chi connectivity index (χ1n) is 12.8. The smallest absolute Gasteiger partial charge is 0.337 e. The Balaban J connectivity index is 1.51. The van der Waals surface area contributed by atoms with Crippen LogP contribution < -0.4 is 10.6 Å². The standard InChI is InChI=1S/C30H28FN5O3S/c1-18-17-21(19(2)36(18)25-13-6-3-9-20(25)29(38)39)28-27(24-12-7-8-15-32-24)34-30(40)35(28)16-14-26(37)33-23-11-5-4-10-22(23)31/h3-13,15,17,27-28H,14,16H2,1-2H3,(H,33,37)(H,34,40)(H,38,39)/t27-,28+/m1/s1. The van der Waals surface area contributed by atoms with Crippen molar-refractivity contribution in [3.05, 3.63) is 113 Å². The van der Waals surface area contributed by atoms with Gasteiger partial charge >= 0.3 is 5.97 Å². The monoisotopic (exact) mass is 557 g/mol. The highest BCUT2D eigenvalue weighted by molar-refractivity contribution is 7.80. The Hall–Kier alpha value is -4.57. The van der Waals surface area contributed by atoms with E-state index in [1.165, 1.54) is 12.1 Å². The first kappa shape index (κ1) is 27.0. The number of aromatic carboxylic acids is 1. The van der Waals surface area contributed by atoms with Crippen LogP contribution in [0.25, 0.3) is 5.69 Å². The molecule has 1 aliphatic heterocycles. The number of hydrogen-bond acceptors (Lipinski definition) is 4. The van der Waals surface area contributed by atoms with Gasteiger partial charge in [-0.1, -0.05) is 30.3 Å². The van der Waals surface area contributed by atoms with Gasteiger partial charge in [0.25, 0.3) is 0 Å². The lowest BCUT2D eigenvalue weighted by Crippen LogP contribution is -2.33. The highest BCUT2D eigenvalue weighted by atomic mass is 32.1. The molecule has 0 bridgehead atoms. The number of carboxylic acid groups (broad SMARTS) is 1. The minimum Gasteiger partial charge on any atom is -0.478 e. The Bertz CT molecular complexity index is 1590. The third-order valence-corrected chi connectivity index (χ3v) is 7.44. The van der Waals surface area contributed by atoms with Gasteiger partial charge in [-0.25, -0.2) is 9.18 Å². The molecule has 1 amide bonds. The maximum absolute atomic E-state index is 14.1. The molecular formula is C30H28FN5O3S. The van der Waals surface area contributed by atoms with Crippen molar-refractivity contribution in [2.75, 3.05) is 11.9 Å². The number of hydrogen-bond donors (Lipinski definition) is 3. The molecule has 2 aromatic heterocycles. The molecule has 0 aliphatic carbocycles. The molecule has 2 atom stereocenters. The number of aromatic nitrogens is 2. The largest absolute Gasteiger partial charge is 0.478 e. The van der Waals surface area contributed by atoms with Crippen LogP contribution in [0.4, 0.5) is 10.1 Å². The number of nitrogens with zero attached hydrogens (tertiary/aromatic N) is 3. The quantitative estimate of drug-likeness (QED) is 0.252. The van der Waals surface area contributed by atoms with Crippen LogP contribution in [0.15, 0.2) is 79.0 Å². The first-order valence-corrected chi connectivity index (χ1v) is 13.2. The van der Waals surface area contributed by atoms with E-state index in [1.54, 1.807) is 36.5 Å². The molecule has 40 heavy (non-hydrogen) atoms. The molecule has 204 valence electrons. The van der Waals surface area contributed by atoms with E-state index >= 15 is 0 Å². The van der Waals surface area contributed by atoms with Gasteiger partial charge in [0.1, 0.15) is 5.82 Å². The van der Waals surface area contributed by atoms with E-state index in [1.807, 2.05) is 53.6 Å². The maximum atomic E-state index is 14.1. The SMILES string of the molecule is Cc1cc([C@H]2[C@@H](c3ccccn3)NC(=S)N2CCC(=O)Nc2ccccc2F)c(C)n1-c1ccccc1C(=O)O. The molecule has 0 unspecified atom stereocenters. The lowest BCUT2D eigenvalue weighted by Gasteiger charge is -2.28. The van der Waals surface area contributed by atoms with Crippen LogP contribution >= 0.6 is 12.2 Å². The Morgan fingerprint density at radius 3 is 2.52 bits per heavy atom. The number of nitrogens with one attached hydrogen (secondary N) is 2. The highest BCUT2D eigenvalue weighted by Crippen LogP contribution is 2.41. The number of carbonyl (C=O) groups is 2. The van der Waals surface area contributed by atoms with Gasteiger partial charge in [0, 0.05) is 30.6 Å². The number of carboxylic acids is 1. The van der Waals surface area contributed by atoms with Gasteiger partial charge in [0.15, 0.2) is 5.11 Å². The van der Waals surface area contributed by atoms with Crippen LogP contribution in [0.3, 0.4) is 0 Å². The summed E-state index contributed by atoms with van der Waals surface area (Å²) in [5, 5.41) is 16.3. The second kappa shape index (κ2) is 11.3. The lowest BCUT2D eigenvalue weighted by molar-refractivity contribution is -0.116. The predicted octanol–water partition coefficient (Wildman–Crippen LogP) is 5.33. The number of amides is 1. The molecule has 8 nitrogen and oxygen atoms in total. The zero-order chi connectivity index (χ0) is 28.4. The van der Waals surface area contributed by atoms with Crippen LogP contribution in [-0.4, -0.2) is 43.1 Å². The van der Waals surface area contributed by atoms with E-state index in [4.69, 9.17) is 12.2 Å². The molecule has 0 radical (unpaired) electrons. The summed E-state index contributed by atoms with van der Waals surface area (Å²) < 4.78 is 16.0.